The van der Waals surface area contributed by atoms with Crippen LogP contribution in [-0.4, -0.2) is 4.57 Å². The first-order chi connectivity index (χ1) is 18.2. The topological polar surface area (TPSA) is 28.7 Å². The van der Waals surface area contributed by atoms with E-state index in [2.05, 4.69) is 103 Å². The van der Waals surface area contributed by atoms with Gasteiger partial charge in [-0.25, -0.2) is 0 Å². The fourth-order valence-corrected chi connectivity index (χ4v) is 7.08. The van der Waals surface area contributed by atoms with Crippen LogP contribution in [-0.2, 0) is 6.42 Å². The molecule has 2 heterocycles. The van der Waals surface area contributed by atoms with Gasteiger partial charge in [0.25, 0.3) is 0 Å². The summed E-state index contributed by atoms with van der Waals surface area (Å²) in [6, 6.07) is 32.2. The highest BCUT2D eigenvalue weighted by Crippen LogP contribution is 2.43. The molecule has 0 aliphatic heterocycles. The van der Waals surface area contributed by atoms with E-state index >= 15 is 0 Å². The summed E-state index contributed by atoms with van der Waals surface area (Å²) < 4.78 is 3.54. The van der Waals surface area contributed by atoms with E-state index in [4.69, 9.17) is 0 Å². The number of para-hydroxylation sites is 3. The zero-order chi connectivity index (χ0) is 25.1. The average molecular weight is 493 g/mol. The number of aromatic nitrogens is 1. The van der Waals surface area contributed by atoms with Crippen molar-refractivity contribution in [3.8, 4) is 22.9 Å². The number of nitriles is 1. The van der Waals surface area contributed by atoms with Crippen LogP contribution in [0.4, 0.5) is 0 Å². The molecule has 0 radical (unpaired) electrons. The third-order valence-electron chi connectivity index (χ3n) is 7.63. The molecular formula is C34H24N2S. The van der Waals surface area contributed by atoms with Crippen molar-refractivity contribution in [3.05, 3.63) is 119 Å². The lowest BCUT2D eigenvalue weighted by molar-refractivity contribution is 1.05. The van der Waals surface area contributed by atoms with E-state index < -0.39 is 0 Å². The first-order valence-electron chi connectivity index (χ1n) is 12.6. The van der Waals surface area contributed by atoms with Crippen LogP contribution in [0.3, 0.4) is 0 Å². The van der Waals surface area contributed by atoms with Crippen LogP contribution in [0.2, 0.25) is 0 Å². The Kier molecular flexibility index (Phi) is 4.92. The first kappa shape index (κ1) is 21.9. The highest BCUT2D eigenvalue weighted by Gasteiger charge is 2.21. The summed E-state index contributed by atoms with van der Waals surface area (Å²) in [5.41, 5.74) is 9.98. The molecule has 2 nitrogen and oxygen atoms in total. The second-order valence-corrected chi connectivity index (χ2v) is 10.7. The van der Waals surface area contributed by atoms with Crippen molar-refractivity contribution in [1.82, 2.24) is 4.57 Å². The van der Waals surface area contributed by atoms with Crippen LogP contribution in [0, 0.1) is 11.3 Å². The Labute approximate surface area is 220 Å². The molecule has 37 heavy (non-hydrogen) atoms. The maximum absolute atomic E-state index is 10.2. The maximum Gasteiger partial charge on any atom is 0.101 e. The van der Waals surface area contributed by atoms with E-state index in [1.54, 1.807) is 0 Å². The Morgan fingerprint density at radius 1 is 0.892 bits per heavy atom. The Balaban J connectivity index is 1.50. The summed E-state index contributed by atoms with van der Waals surface area (Å²) in [7, 11) is 0. The monoisotopic (exact) mass is 492 g/mol. The largest absolute Gasteiger partial charge is 0.307 e. The van der Waals surface area contributed by atoms with Crippen LogP contribution in [0.1, 0.15) is 29.3 Å². The van der Waals surface area contributed by atoms with E-state index in [0.29, 0.717) is 5.56 Å². The highest BCUT2D eigenvalue weighted by molar-refractivity contribution is 7.20. The van der Waals surface area contributed by atoms with E-state index in [9.17, 15) is 5.26 Å². The molecule has 0 N–H and O–H groups in total. The smallest absolute Gasteiger partial charge is 0.101 e. The van der Waals surface area contributed by atoms with E-state index in [1.165, 1.54) is 42.4 Å². The van der Waals surface area contributed by atoms with Gasteiger partial charge in [0.2, 0.25) is 0 Å². The molecule has 0 saturated heterocycles. The number of hydrogen-bond acceptors (Lipinski definition) is 2. The minimum atomic E-state index is 0.668. The average Bonchev–Trinajstić information content (AvgIpc) is 3.46. The van der Waals surface area contributed by atoms with Gasteiger partial charge in [0.1, 0.15) is 6.07 Å². The Morgan fingerprint density at radius 2 is 1.62 bits per heavy atom. The third kappa shape index (κ3) is 3.23. The molecule has 176 valence electrons. The summed E-state index contributed by atoms with van der Waals surface area (Å²) in [5.74, 6) is 0. The summed E-state index contributed by atoms with van der Waals surface area (Å²) in [5, 5.41) is 13.9. The third-order valence-corrected chi connectivity index (χ3v) is 8.77. The van der Waals surface area contributed by atoms with Crippen molar-refractivity contribution in [1.29, 1.82) is 5.26 Å². The molecule has 3 heteroatoms. The number of hydrogen-bond donors (Lipinski definition) is 0. The number of benzene rings is 4. The van der Waals surface area contributed by atoms with Crippen LogP contribution in [0.15, 0.2) is 103 Å². The molecule has 0 saturated carbocycles. The van der Waals surface area contributed by atoms with Gasteiger partial charge in [-0.3, -0.25) is 0 Å². The molecule has 1 aliphatic carbocycles. The van der Waals surface area contributed by atoms with Crippen molar-refractivity contribution >= 4 is 49.3 Å². The lowest BCUT2D eigenvalue weighted by Gasteiger charge is -2.16. The molecule has 1 aliphatic rings. The summed E-state index contributed by atoms with van der Waals surface area (Å²) in [6.07, 6.45) is 4.26. The molecule has 2 aromatic heterocycles. The lowest BCUT2D eigenvalue weighted by Crippen LogP contribution is -2.01. The lowest BCUT2D eigenvalue weighted by atomic mass is 9.90. The number of thiophene rings is 1. The zero-order valence-corrected chi connectivity index (χ0v) is 21.4. The standard InChI is InChI=1S/C34H24N2S/c1-3-22-18-33-29(17-21(22)2)28-16-15-23(19-32(28)37-33)25-12-8-9-24(20-35)34(25)36-30-13-6-4-10-26(30)27-11-5-7-14-31(27)36/h4-16,18-19H,2-3,17H2,1H3. The number of nitrogens with zero attached hydrogens (tertiary/aromatic N) is 2. The van der Waals surface area contributed by atoms with E-state index in [1.807, 2.05) is 23.5 Å². The fourth-order valence-electron chi connectivity index (χ4n) is 5.85. The fraction of sp³-hybridized carbons (Fsp3) is 0.0882. The zero-order valence-electron chi connectivity index (χ0n) is 20.6. The van der Waals surface area contributed by atoms with Gasteiger partial charge >= 0.3 is 0 Å². The molecule has 0 bridgehead atoms. The van der Waals surface area contributed by atoms with Crippen molar-refractivity contribution in [3.63, 3.8) is 0 Å². The molecule has 7 rings (SSSR count). The van der Waals surface area contributed by atoms with Gasteiger partial charge in [-0.1, -0.05) is 74.2 Å². The van der Waals surface area contributed by atoms with Gasteiger partial charge in [0, 0.05) is 25.9 Å². The first-order valence-corrected chi connectivity index (χ1v) is 13.5. The van der Waals surface area contributed by atoms with Gasteiger partial charge in [-0.2, -0.15) is 5.26 Å². The number of rotatable bonds is 3. The SMILES string of the molecule is C=C1Cc2c(sc3cc(-c4cccc(C#N)c4-n4c5ccccc5c5ccccc54)ccc23)C=C1CC. The van der Waals surface area contributed by atoms with Crippen LogP contribution in [0.25, 0.3) is 54.8 Å². The normalized spacial score (nSPS) is 13.2. The predicted molar refractivity (Wildman–Crippen MR) is 157 cm³/mol. The predicted octanol–water partition coefficient (Wildman–Crippen LogP) is 9.44. The van der Waals surface area contributed by atoms with Crippen molar-refractivity contribution in [2.24, 2.45) is 0 Å². The second kappa shape index (κ2) is 8.34. The minimum Gasteiger partial charge on any atom is -0.307 e. The summed E-state index contributed by atoms with van der Waals surface area (Å²) in [6.45, 7) is 6.53. The van der Waals surface area contributed by atoms with Crippen molar-refractivity contribution in [2.75, 3.05) is 0 Å². The van der Waals surface area contributed by atoms with Gasteiger partial charge in [-0.05, 0) is 70.8 Å². The molecular weight excluding hydrogens is 468 g/mol. The van der Waals surface area contributed by atoms with Crippen LogP contribution in [0.5, 0.6) is 0 Å². The maximum atomic E-state index is 10.2. The quantitative estimate of drug-likeness (QED) is 0.242. The molecule has 4 aromatic carbocycles. The van der Waals surface area contributed by atoms with Gasteiger partial charge in [0.05, 0.1) is 22.3 Å². The van der Waals surface area contributed by atoms with E-state index in [-0.39, 0.29) is 0 Å². The second-order valence-electron chi connectivity index (χ2n) is 9.64. The van der Waals surface area contributed by atoms with Crippen LogP contribution >= 0.6 is 11.3 Å². The minimum absolute atomic E-state index is 0.668. The summed E-state index contributed by atoms with van der Waals surface area (Å²) in [4.78, 5) is 1.35. The molecule has 0 unspecified atom stereocenters. The number of allylic oxidation sites excluding steroid dienone is 2. The van der Waals surface area contributed by atoms with Gasteiger partial charge in [-0.15, -0.1) is 11.3 Å². The van der Waals surface area contributed by atoms with Gasteiger partial charge in [0.15, 0.2) is 0 Å². The van der Waals surface area contributed by atoms with Crippen molar-refractivity contribution < 1.29 is 0 Å². The molecule has 0 spiro atoms. The van der Waals surface area contributed by atoms with Crippen molar-refractivity contribution in [2.45, 2.75) is 19.8 Å². The Bertz CT molecular complexity index is 1920. The van der Waals surface area contributed by atoms with Gasteiger partial charge < -0.3 is 4.57 Å². The Hall–Kier alpha value is -4.39. The molecule has 6 aromatic rings. The highest BCUT2D eigenvalue weighted by atomic mass is 32.1. The summed E-state index contributed by atoms with van der Waals surface area (Å²) >= 11 is 1.86. The molecule has 0 fully saturated rings. The molecule has 0 amide bonds. The molecule has 0 atom stereocenters. The van der Waals surface area contributed by atoms with Crippen LogP contribution < -0.4 is 0 Å². The number of fused-ring (bicyclic) bond motifs is 6. The van der Waals surface area contributed by atoms with E-state index in [0.717, 1.165) is 40.7 Å². The Morgan fingerprint density at radius 3 is 2.32 bits per heavy atom.